The molecule has 0 radical (unpaired) electrons. The van der Waals surface area contributed by atoms with Gasteiger partial charge in [-0.05, 0) is 43.7 Å². The fraction of sp³-hybridized carbons (Fsp3) is 0.379. The van der Waals surface area contributed by atoms with E-state index in [0.29, 0.717) is 71.7 Å². The number of nitrogens with zero attached hydrogens (tertiary/aromatic N) is 3. The summed E-state index contributed by atoms with van der Waals surface area (Å²) >= 11 is 5.95. The highest BCUT2D eigenvalue weighted by molar-refractivity contribution is 6.31. The lowest BCUT2D eigenvalue weighted by Crippen LogP contribution is -2.41. The number of aliphatic hydroxyl groups excluding tert-OH is 1. The minimum Gasteiger partial charge on any atom is -0.462 e. The van der Waals surface area contributed by atoms with Gasteiger partial charge in [-0.15, -0.1) is 0 Å². The molecular formula is C29H33ClFN7O5. The number of anilines is 3. The number of H-pyrrole nitrogens is 1. The number of carbonyl (C=O) groups is 2. The zero-order valence-electron chi connectivity index (χ0n) is 23.8. The van der Waals surface area contributed by atoms with Crippen LogP contribution < -0.4 is 16.0 Å². The Balaban J connectivity index is 1.42. The normalized spacial score (nSPS) is 17.4. The summed E-state index contributed by atoms with van der Waals surface area (Å²) < 4.78 is 24.4. The minimum atomic E-state index is -1.15. The molecule has 0 spiro atoms. The van der Waals surface area contributed by atoms with Crippen molar-refractivity contribution in [3.63, 3.8) is 0 Å². The van der Waals surface area contributed by atoms with Gasteiger partial charge in [-0.1, -0.05) is 11.6 Å². The van der Waals surface area contributed by atoms with Gasteiger partial charge in [0.25, 0.3) is 0 Å². The first kappa shape index (κ1) is 30.4. The SMILES string of the molecule is CCOC(=O)c1c(CC(=O)NCCN2CCOCC2)[nH]c(/C=C2/c3c(Nc4ccc(F)c(Cl)c4)ncnc3NC2O)c1C. The second-order valence-electron chi connectivity index (χ2n) is 10.1. The topological polar surface area (TPSA) is 154 Å². The van der Waals surface area contributed by atoms with Gasteiger partial charge in [0.2, 0.25) is 5.91 Å². The van der Waals surface area contributed by atoms with E-state index in [1.165, 1.54) is 24.5 Å². The van der Waals surface area contributed by atoms with Crippen LogP contribution in [0.25, 0.3) is 11.6 Å². The number of ether oxygens (including phenoxy) is 2. The van der Waals surface area contributed by atoms with Crippen molar-refractivity contribution >= 4 is 52.4 Å². The zero-order chi connectivity index (χ0) is 30.5. The highest BCUT2D eigenvalue weighted by atomic mass is 35.5. The molecule has 12 nitrogen and oxygen atoms in total. The number of aromatic amines is 1. The molecular weight excluding hydrogens is 581 g/mol. The molecule has 2 aromatic heterocycles. The van der Waals surface area contributed by atoms with Crippen LogP contribution in [0.1, 0.15) is 39.8 Å². The number of halogens is 2. The van der Waals surface area contributed by atoms with Gasteiger partial charge in [0.1, 0.15) is 23.8 Å². The van der Waals surface area contributed by atoms with E-state index in [9.17, 15) is 19.1 Å². The first-order valence-corrected chi connectivity index (χ1v) is 14.3. The maximum atomic E-state index is 13.7. The molecule has 1 fully saturated rings. The Hall–Kier alpha value is -4.04. The lowest BCUT2D eigenvalue weighted by atomic mass is 10.0. The lowest BCUT2D eigenvalue weighted by molar-refractivity contribution is -0.120. The molecule has 2 aliphatic heterocycles. The Morgan fingerprint density at radius 3 is 2.84 bits per heavy atom. The third-order valence-electron chi connectivity index (χ3n) is 7.22. The van der Waals surface area contributed by atoms with Gasteiger partial charge >= 0.3 is 5.97 Å². The minimum absolute atomic E-state index is 0.0595. The number of aromatic nitrogens is 3. The number of hydrogen-bond donors (Lipinski definition) is 5. The third-order valence-corrected chi connectivity index (χ3v) is 7.51. The largest absolute Gasteiger partial charge is 0.462 e. The van der Waals surface area contributed by atoms with Gasteiger partial charge in [0, 0.05) is 48.8 Å². The predicted molar refractivity (Wildman–Crippen MR) is 160 cm³/mol. The van der Waals surface area contributed by atoms with Crippen LogP contribution in [-0.4, -0.2) is 89.1 Å². The second kappa shape index (κ2) is 13.5. The van der Waals surface area contributed by atoms with E-state index in [1.807, 2.05) is 0 Å². The van der Waals surface area contributed by atoms with Gasteiger partial charge in [0.05, 0.1) is 42.4 Å². The van der Waals surface area contributed by atoms with Crippen molar-refractivity contribution in [2.45, 2.75) is 26.5 Å². The smallest absolute Gasteiger partial charge is 0.340 e. The van der Waals surface area contributed by atoms with E-state index in [1.54, 1.807) is 19.9 Å². The standard InChI is InChI=1S/C29H33ClFN7O5/c1-3-43-29(41)24-16(2)21(36-22(24)14-23(39)32-6-7-38-8-10-42-11-9-38)13-18-25-26(33-15-34-27(25)37-28(18)40)35-17-4-5-20(31)19(30)12-17/h4-5,12-13,15,28,36,40H,3,6-11,14H2,1-2H3,(H,32,39)(H2,33,34,35,37)/b18-13-. The molecule has 2 aliphatic rings. The molecule has 1 aromatic carbocycles. The van der Waals surface area contributed by atoms with Crippen LogP contribution in [0.5, 0.6) is 0 Å². The van der Waals surface area contributed by atoms with E-state index >= 15 is 0 Å². The van der Waals surface area contributed by atoms with E-state index in [4.69, 9.17) is 21.1 Å². The van der Waals surface area contributed by atoms with Crippen molar-refractivity contribution in [2.75, 3.05) is 56.6 Å². The number of fused-ring (bicyclic) bond motifs is 1. The van der Waals surface area contributed by atoms with E-state index in [2.05, 4.69) is 35.8 Å². The highest BCUT2D eigenvalue weighted by Crippen LogP contribution is 2.40. The Morgan fingerprint density at radius 1 is 1.30 bits per heavy atom. The summed E-state index contributed by atoms with van der Waals surface area (Å²) in [6, 6.07) is 4.17. The monoisotopic (exact) mass is 613 g/mol. The molecule has 5 rings (SSSR count). The lowest BCUT2D eigenvalue weighted by Gasteiger charge is -2.26. The molecule has 0 bridgehead atoms. The number of nitrogens with one attached hydrogen (secondary N) is 4. The van der Waals surface area contributed by atoms with Crippen LogP contribution in [0.3, 0.4) is 0 Å². The Labute approximate surface area is 252 Å². The average Bonchev–Trinajstić information content (AvgIpc) is 3.47. The Morgan fingerprint density at radius 2 is 2.09 bits per heavy atom. The van der Waals surface area contributed by atoms with Crippen LogP contribution in [0.2, 0.25) is 5.02 Å². The van der Waals surface area contributed by atoms with Crippen LogP contribution in [0, 0.1) is 12.7 Å². The molecule has 0 saturated carbocycles. The quantitative estimate of drug-likeness (QED) is 0.216. The summed E-state index contributed by atoms with van der Waals surface area (Å²) in [5, 5.41) is 19.8. The van der Waals surface area contributed by atoms with Crippen LogP contribution in [-0.2, 0) is 20.7 Å². The number of esters is 1. The van der Waals surface area contributed by atoms with Gasteiger partial charge in [-0.25, -0.2) is 19.2 Å². The van der Waals surface area contributed by atoms with Crippen molar-refractivity contribution in [1.82, 2.24) is 25.2 Å². The molecule has 1 saturated heterocycles. The highest BCUT2D eigenvalue weighted by Gasteiger charge is 2.31. The summed E-state index contributed by atoms with van der Waals surface area (Å²) in [6.07, 6.45) is 1.78. The second-order valence-corrected chi connectivity index (χ2v) is 10.5. The molecule has 43 heavy (non-hydrogen) atoms. The van der Waals surface area contributed by atoms with Gasteiger partial charge in [-0.2, -0.15) is 0 Å². The number of carbonyl (C=O) groups excluding carboxylic acids is 2. The summed E-state index contributed by atoms with van der Waals surface area (Å²) in [6.45, 7) is 7.78. The average molecular weight is 614 g/mol. The maximum Gasteiger partial charge on any atom is 0.340 e. The first-order valence-electron chi connectivity index (χ1n) is 13.9. The molecule has 228 valence electrons. The van der Waals surface area contributed by atoms with Crippen molar-refractivity contribution in [2.24, 2.45) is 0 Å². The number of rotatable bonds is 10. The van der Waals surface area contributed by atoms with E-state index in [0.717, 1.165) is 13.1 Å². The van der Waals surface area contributed by atoms with Crippen LogP contribution in [0.4, 0.5) is 21.7 Å². The molecule has 4 heterocycles. The predicted octanol–water partition coefficient (Wildman–Crippen LogP) is 3.10. The molecule has 1 unspecified atom stereocenters. The first-order chi connectivity index (χ1) is 20.7. The van der Waals surface area contributed by atoms with Gasteiger partial charge < -0.3 is 35.5 Å². The number of aliphatic hydroxyl groups is 1. The summed E-state index contributed by atoms with van der Waals surface area (Å²) in [5.74, 6) is -0.637. The molecule has 0 aliphatic carbocycles. The van der Waals surface area contributed by atoms with Crippen molar-refractivity contribution in [3.8, 4) is 0 Å². The van der Waals surface area contributed by atoms with Gasteiger partial charge in [0.15, 0.2) is 6.23 Å². The van der Waals surface area contributed by atoms with Gasteiger partial charge in [-0.3, -0.25) is 9.69 Å². The fourth-order valence-electron chi connectivity index (χ4n) is 5.06. The zero-order valence-corrected chi connectivity index (χ0v) is 24.6. The van der Waals surface area contributed by atoms with E-state index < -0.39 is 18.0 Å². The summed E-state index contributed by atoms with van der Waals surface area (Å²) in [4.78, 5) is 39.8. The van der Waals surface area contributed by atoms with Crippen molar-refractivity contribution in [1.29, 1.82) is 0 Å². The van der Waals surface area contributed by atoms with Crippen LogP contribution in [0.15, 0.2) is 24.5 Å². The van der Waals surface area contributed by atoms with Crippen molar-refractivity contribution in [3.05, 3.63) is 63.4 Å². The number of benzene rings is 1. The molecule has 1 amide bonds. The number of morpholine rings is 1. The van der Waals surface area contributed by atoms with E-state index in [-0.39, 0.29) is 29.5 Å². The molecule has 1 atom stereocenters. The Bertz CT molecular complexity index is 1540. The third kappa shape index (κ3) is 6.96. The molecule has 3 aromatic rings. The van der Waals surface area contributed by atoms with Crippen LogP contribution >= 0.6 is 11.6 Å². The summed E-state index contributed by atoms with van der Waals surface area (Å²) in [5.41, 5.74) is 3.09. The Kier molecular flexibility index (Phi) is 9.56. The number of hydrogen-bond acceptors (Lipinski definition) is 10. The molecule has 14 heteroatoms. The maximum absolute atomic E-state index is 13.7. The van der Waals surface area contributed by atoms with Crippen molar-refractivity contribution < 1.29 is 28.6 Å². The fourth-order valence-corrected chi connectivity index (χ4v) is 5.24. The molecule has 5 N–H and O–H groups in total. The summed E-state index contributed by atoms with van der Waals surface area (Å²) in [7, 11) is 0. The number of amides is 1.